The third-order valence-corrected chi connectivity index (χ3v) is 2.75. The molecule has 0 bridgehead atoms. The van der Waals surface area contributed by atoms with Gasteiger partial charge in [0.15, 0.2) is 0 Å². The van der Waals surface area contributed by atoms with Crippen molar-refractivity contribution >= 4 is 11.6 Å². The zero-order valence-corrected chi connectivity index (χ0v) is 10.9. The minimum atomic E-state index is -0.0631. The molecule has 1 aromatic carbocycles. The Bertz CT molecular complexity index is 572. The van der Waals surface area contributed by atoms with Crippen LogP contribution < -0.4 is 5.32 Å². The second kappa shape index (κ2) is 5.04. The van der Waals surface area contributed by atoms with E-state index in [2.05, 4.69) is 10.4 Å². The molecule has 0 unspecified atom stereocenters. The molecule has 4 nitrogen and oxygen atoms in total. The number of amides is 1. The second-order valence-corrected chi connectivity index (χ2v) is 4.52. The Morgan fingerprint density at radius 3 is 2.72 bits per heavy atom. The Labute approximate surface area is 107 Å². The highest BCUT2D eigenvalue weighted by Crippen LogP contribution is 2.16. The molecule has 1 heterocycles. The van der Waals surface area contributed by atoms with Crippen molar-refractivity contribution in [3.8, 4) is 0 Å². The van der Waals surface area contributed by atoms with Gasteiger partial charge in [-0.25, -0.2) is 0 Å². The molecule has 4 heteroatoms. The molecule has 1 aromatic heterocycles. The highest BCUT2D eigenvalue weighted by Gasteiger charge is 2.06. The van der Waals surface area contributed by atoms with Gasteiger partial charge in [-0.05, 0) is 44.0 Å². The Hall–Kier alpha value is -2.10. The molecule has 2 rings (SSSR count). The number of hydrogen-bond acceptors (Lipinski definition) is 2. The van der Waals surface area contributed by atoms with Crippen molar-refractivity contribution in [1.82, 2.24) is 9.78 Å². The van der Waals surface area contributed by atoms with Gasteiger partial charge < -0.3 is 5.32 Å². The van der Waals surface area contributed by atoms with Crippen molar-refractivity contribution in [3.05, 3.63) is 47.3 Å². The molecule has 1 amide bonds. The molecule has 0 saturated heterocycles. The fourth-order valence-electron chi connectivity index (χ4n) is 1.76. The van der Waals surface area contributed by atoms with E-state index in [0.29, 0.717) is 0 Å². The SMILES string of the molecule is Cc1ccc(C)c(NC(=O)Cn2ccc(C)n2)c1. The van der Waals surface area contributed by atoms with E-state index >= 15 is 0 Å². The predicted molar refractivity (Wildman–Crippen MR) is 71.5 cm³/mol. The first-order valence-electron chi connectivity index (χ1n) is 5.92. The molecule has 0 atom stereocenters. The lowest BCUT2D eigenvalue weighted by Gasteiger charge is -2.09. The summed E-state index contributed by atoms with van der Waals surface area (Å²) in [6, 6.07) is 7.89. The third kappa shape index (κ3) is 2.97. The molecule has 1 N–H and O–H groups in total. The van der Waals surface area contributed by atoms with Gasteiger partial charge in [-0.2, -0.15) is 5.10 Å². The lowest BCUT2D eigenvalue weighted by atomic mass is 10.1. The molecular formula is C14H17N3O. The van der Waals surface area contributed by atoms with Crippen LogP contribution in [0.15, 0.2) is 30.5 Å². The number of carbonyl (C=O) groups excluding carboxylic acids is 1. The number of nitrogens with zero attached hydrogens (tertiary/aromatic N) is 2. The zero-order valence-electron chi connectivity index (χ0n) is 10.9. The number of benzene rings is 1. The van der Waals surface area contributed by atoms with Gasteiger partial charge in [0.25, 0.3) is 0 Å². The summed E-state index contributed by atoms with van der Waals surface area (Å²) in [5.74, 6) is -0.0631. The van der Waals surface area contributed by atoms with E-state index < -0.39 is 0 Å². The number of aryl methyl sites for hydroxylation is 3. The van der Waals surface area contributed by atoms with E-state index in [0.717, 1.165) is 22.5 Å². The van der Waals surface area contributed by atoms with Gasteiger partial charge in [-0.15, -0.1) is 0 Å². The van der Waals surface area contributed by atoms with Crippen LogP contribution in [0.3, 0.4) is 0 Å². The number of carbonyl (C=O) groups is 1. The van der Waals surface area contributed by atoms with Crippen LogP contribution >= 0.6 is 0 Å². The number of anilines is 1. The second-order valence-electron chi connectivity index (χ2n) is 4.52. The molecule has 0 radical (unpaired) electrons. The van der Waals surface area contributed by atoms with Gasteiger partial charge in [-0.3, -0.25) is 9.48 Å². The van der Waals surface area contributed by atoms with Crippen molar-refractivity contribution in [3.63, 3.8) is 0 Å². The minimum Gasteiger partial charge on any atom is -0.324 e. The number of nitrogens with one attached hydrogen (secondary N) is 1. The first-order valence-corrected chi connectivity index (χ1v) is 5.92. The molecule has 0 spiro atoms. The van der Waals surface area contributed by atoms with Gasteiger partial charge >= 0.3 is 0 Å². The molecule has 2 aromatic rings. The Morgan fingerprint density at radius 1 is 1.28 bits per heavy atom. The first kappa shape index (κ1) is 12.4. The molecule has 0 aliphatic heterocycles. The van der Waals surface area contributed by atoms with E-state index in [9.17, 15) is 4.79 Å². The van der Waals surface area contributed by atoms with Crippen molar-refractivity contribution < 1.29 is 4.79 Å². The fourth-order valence-corrected chi connectivity index (χ4v) is 1.76. The van der Waals surface area contributed by atoms with Crippen LogP contribution in [-0.2, 0) is 11.3 Å². The molecular weight excluding hydrogens is 226 g/mol. The smallest absolute Gasteiger partial charge is 0.246 e. The number of aromatic nitrogens is 2. The normalized spacial score (nSPS) is 10.4. The predicted octanol–water partition coefficient (Wildman–Crippen LogP) is 2.45. The summed E-state index contributed by atoms with van der Waals surface area (Å²) in [6.45, 7) is 6.12. The molecule has 0 aliphatic rings. The van der Waals surface area contributed by atoms with E-state index in [1.54, 1.807) is 10.9 Å². The lowest BCUT2D eigenvalue weighted by Crippen LogP contribution is -2.19. The Balaban J connectivity index is 2.05. The van der Waals surface area contributed by atoms with Crippen molar-refractivity contribution in [1.29, 1.82) is 0 Å². The standard InChI is InChI=1S/C14H17N3O/c1-10-4-5-11(2)13(8-10)15-14(18)9-17-7-6-12(3)16-17/h4-8H,9H2,1-3H3,(H,15,18). The summed E-state index contributed by atoms with van der Waals surface area (Å²) >= 11 is 0. The average Bonchev–Trinajstić information content (AvgIpc) is 2.69. The number of hydrogen-bond donors (Lipinski definition) is 1. The van der Waals surface area contributed by atoms with Crippen LogP contribution in [0.1, 0.15) is 16.8 Å². The van der Waals surface area contributed by atoms with Crippen LogP contribution in [-0.4, -0.2) is 15.7 Å². The Morgan fingerprint density at radius 2 is 2.06 bits per heavy atom. The van der Waals surface area contributed by atoms with Gasteiger partial charge in [-0.1, -0.05) is 12.1 Å². The van der Waals surface area contributed by atoms with E-state index in [1.165, 1.54) is 0 Å². The van der Waals surface area contributed by atoms with Crippen molar-refractivity contribution in [2.24, 2.45) is 0 Å². The number of rotatable bonds is 3. The molecule has 0 fully saturated rings. The fraction of sp³-hybridized carbons (Fsp3) is 0.286. The monoisotopic (exact) mass is 243 g/mol. The average molecular weight is 243 g/mol. The van der Waals surface area contributed by atoms with Crippen LogP contribution in [0.4, 0.5) is 5.69 Å². The topological polar surface area (TPSA) is 46.9 Å². The summed E-state index contributed by atoms with van der Waals surface area (Å²) in [6.07, 6.45) is 1.80. The summed E-state index contributed by atoms with van der Waals surface area (Å²) in [7, 11) is 0. The maximum Gasteiger partial charge on any atom is 0.246 e. The van der Waals surface area contributed by atoms with Gasteiger partial charge in [0.05, 0.1) is 5.69 Å². The Kier molecular flexibility index (Phi) is 3.46. The van der Waals surface area contributed by atoms with Crippen LogP contribution in [0.5, 0.6) is 0 Å². The van der Waals surface area contributed by atoms with E-state index in [4.69, 9.17) is 0 Å². The first-order chi connectivity index (χ1) is 8.54. The van der Waals surface area contributed by atoms with E-state index in [-0.39, 0.29) is 12.5 Å². The molecule has 18 heavy (non-hydrogen) atoms. The van der Waals surface area contributed by atoms with Crippen LogP contribution in [0.2, 0.25) is 0 Å². The van der Waals surface area contributed by atoms with Gasteiger partial charge in [0.2, 0.25) is 5.91 Å². The largest absolute Gasteiger partial charge is 0.324 e. The van der Waals surface area contributed by atoms with Gasteiger partial charge in [0.1, 0.15) is 6.54 Å². The van der Waals surface area contributed by atoms with Gasteiger partial charge in [0, 0.05) is 11.9 Å². The summed E-state index contributed by atoms with van der Waals surface area (Å²) in [5.41, 5.74) is 3.97. The lowest BCUT2D eigenvalue weighted by molar-refractivity contribution is -0.116. The zero-order chi connectivity index (χ0) is 13.1. The molecule has 94 valence electrons. The third-order valence-electron chi connectivity index (χ3n) is 2.75. The van der Waals surface area contributed by atoms with E-state index in [1.807, 2.05) is 45.0 Å². The summed E-state index contributed by atoms with van der Waals surface area (Å²) in [4.78, 5) is 11.9. The highest BCUT2D eigenvalue weighted by atomic mass is 16.2. The summed E-state index contributed by atoms with van der Waals surface area (Å²) in [5, 5.41) is 7.10. The maximum absolute atomic E-state index is 11.9. The molecule has 0 saturated carbocycles. The molecule has 0 aliphatic carbocycles. The maximum atomic E-state index is 11.9. The quantitative estimate of drug-likeness (QED) is 0.900. The highest BCUT2D eigenvalue weighted by molar-refractivity contribution is 5.91. The van der Waals surface area contributed by atoms with Crippen LogP contribution in [0, 0.1) is 20.8 Å². The van der Waals surface area contributed by atoms with Crippen molar-refractivity contribution in [2.75, 3.05) is 5.32 Å². The minimum absolute atomic E-state index is 0.0631. The van der Waals surface area contributed by atoms with Crippen LogP contribution in [0.25, 0.3) is 0 Å². The summed E-state index contributed by atoms with van der Waals surface area (Å²) < 4.78 is 1.63. The van der Waals surface area contributed by atoms with Crippen molar-refractivity contribution in [2.45, 2.75) is 27.3 Å².